The molecule has 2 aliphatic heterocycles. The summed E-state index contributed by atoms with van der Waals surface area (Å²) in [6.45, 7) is 6.51. The maximum atomic E-state index is 12.5. The van der Waals surface area contributed by atoms with Crippen molar-refractivity contribution in [3.63, 3.8) is 0 Å². The van der Waals surface area contributed by atoms with E-state index in [2.05, 4.69) is 24.1 Å². The number of thioether (sulfide) groups is 1. The van der Waals surface area contributed by atoms with E-state index in [9.17, 15) is 4.79 Å². The standard InChI is InChI=1S/C14H26N2OS.ClH/c1-11(2)13-5-3-4-7-16(13)14(17)9-12-10-18-8-6-15-12;/h11-13,15H,3-10H2,1-2H3;1H. The highest BCUT2D eigenvalue weighted by molar-refractivity contribution is 7.99. The number of nitrogens with zero attached hydrogens (tertiary/aromatic N) is 1. The van der Waals surface area contributed by atoms with E-state index >= 15 is 0 Å². The van der Waals surface area contributed by atoms with Crippen LogP contribution in [0.2, 0.25) is 0 Å². The van der Waals surface area contributed by atoms with Crippen LogP contribution in [0.4, 0.5) is 0 Å². The normalized spacial score (nSPS) is 28.1. The molecule has 2 heterocycles. The third kappa shape index (κ3) is 4.83. The monoisotopic (exact) mass is 306 g/mol. The molecule has 2 unspecified atom stereocenters. The fourth-order valence-corrected chi connectivity index (χ4v) is 3.99. The smallest absolute Gasteiger partial charge is 0.224 e. The Hall–Kier alpha value is 0.0700. The zero-order chi connectivity index (χ0) is 13.0. The lowest BCUT2D eigenvalue weighted by atomic mass is 9.92. The van der Waals surface area contributed by atoms with Crippen molar-refractivity contribution in [2.75, 3.05) is 24.6 Å². The second-order valence-electron chi connectivity index (χ2n) is 5.82. The highest BCUT2D eigenvalue weighted by Gasteiger charge is 2.30. The molecule has 19 heavy (non-hydrogen) atoms. The fourth-order valence-electron chi connectivity index (χ4n) is 3.04. The summed E-state index contributed by atoms with van der Waals surface area (Å²) in [6.07, 6.45) is 4.35. The van der Waals surface area contributed by atoms with Gasteiger partial charge >= 0.3 is 0 Å². The van der Waals surface area contributed by atoms with E-state index in [0.717, 1.165) is 18.8 Å². The molecule has 0 spiro atoms. The first-order chi connectivity index (χ1) is 8.68. The molecule has 0 radical (unpaired) electrons. The largest absolute Gasteiger partial charge is 0.339 e. The molecule has 2 aliphatic rings. The Balaban J connectivity index is 0.00000180. The van der Waals surface area contributed by atoms with E-state index in [1.807, 2.05) is 11.8 Å². The van der Waals surface area contributed by atoms with Crippen LogP contribution in [-0.2, 0) is 4.79 Å². The minimum absolute atomic E-state index is 0. The Labute approximate surface area is 127 Å². The van der Waals surface area contributed by atoms with E-state index in [1.54, 1.807) is 0 Å². The number of hydrogen-bond donors (Lipinski definition) is 1. The van der Waals surface area contributed by atoms with Gasteiger partial charge in [0.15, 0.2) is 0 Å². The van der Waals surface area contributed by atoms with Crippen molar-refractivity contribution in [2.45, 2.75) is 51.6 Å². The lowest BCUT2D eigenvalue weighted by Crippen LogP contribution is -2.49. The van der Waals surface area contributed by atoms with Gasteiger partial charge in [0, 0.05) is 43.1 Å². The van der Waals surface area contributed by atoms with Gasteiger partial charge in [-0.05, 0) is 25.2 Å². The topological polar surface area (TPSA) is 32.3 Å². The van der Waals surface area contributed by atoms with Crippen LogP contribution in [0.25, 0.3) is 0 Å². The Morgan fingerprint density at radius 3 is 2.84 bits per heavy atom. The van der Waals surface area contributed by atoms with Crippen molar-refractivity contribution in [2.24, 2.45) is 5.92 Å². The highest BCUT2D eigenvalue weighted by Crippen LogP contribution is 2.24. The van der Waals surface area contributed by atoms with Crippen LogP contribution in [0.15, 0.2) is 0 Å². The van der Waals surface area contributed by atoms with Crippen LogP contribution in [-0.4, -0.2) is 47.5 Å². The van der Waals surface area contributed by atoms with Gasteiger partial charge in [0.25, 0.3) is 0 Å². The van der Waals surface area contributed by atoms with Crippen LogP contribution < -0.4 is 5.32 Å². The summed E-state index contributed by atoms with van der Waals surface area (Å²) in [4.78, 5) is 14.6. The first-order valence-corrected chi connectivity index (χ1v) is 8.44. The summed E-state index contributed by atoms with van der Waals surface area (Å²) in [7, 11) is 0. The maximum Gasteiger partial charge on any atom is 0.224 e. The first kappa shape index (κ1) is 17.1. The van der Waals surface area contributed by atoms with Gasteiger partial charge in [0.2, 0.25) is 5.91 Å². The summed E-state index contributed by atoms with van der Waals surface area (Å²) in [6, 6.07) is 0.869. The van der Waals surface area contributed by atoms with Gasteiger partial charge < -0.3 is 10.2 Å². The average Bonchev–Trinajstić information content (AvgIpc) is 2.40. The van der Waals surface area contributed by atoms with Gasteiger partial charge in [-0.15, -0.1) is 12.4 Å². The van der Waals surface area contributed by atoms with E-state index in [0.29, 0.717) is 30.3 Å². The number of halogens is 1. The average molecular weight is 307 g/mol. The molecule has 0 saturated carbocycles. The zero-order valence-electron chi connectivity index (χ0n) is 12.1. The summed E-state index contributed by atoms with van der Waals surface area (Å²) in [5, 5.41) is 3.46. The molecule has 5 heteroatoms. The van der Waals surface area contributed by atoms with E-state index < -0.39 is 0 Å². The molecule has 1 amide bonds. The molecule has 3 nitrogen and oxygen atoms in total. The number of piperidine rings is 1. The van der Waals surface area contributed by atoms with Gasteiger partial charge in [-0.2, -0.15) is 11.8 Å². The SMILES string of the molecule is CC(C)C1CCCCN1C(=O)CC1CSCCN1.Cl. The summed E-state index contributed by atoms with van der Waals surface area (Å²) >= 11 is 1.97. The summed E-state index contributed by atoms with van der Waals surface area (Å²) < 4.78 is 0. The second-order valence-corrected chi connectivity index (χ2v) is 6.97. The Bertz CT molecular complexity index is 283. The first-order valence-electron chi connectivity index (χ1n) is 7.29. The molecule has 0 aromatic carbocycles. The van der Waals surface area contributed by atoms with Crippen molar-refractivity contribution in [3.05, 3.63) is 0 Å². The Kier molecular flexibility index (Phi) is 7.55. The van der Waals surface area contributed by atoms with Gasteiger partial charge in [0.1, 0.15) is 0 Å². The number of likely N-dealkylation sites (tertiary alicyclic amines) is 1. The van der Waals surface area contributed by atoms with E-state index in [-0.39, 0.29) is 12.4 Å². The zero-order valence-corrected chi connectivity index (χ0v) is 13.7. The Morgan fingerprint density at radius 1 is 1.42 bits per heavy atom. The molecular formula is C14H27ClN2OS. The van der Waals surface area contributed by atoms with Crippen LogP contribution in [0, 0.1) is 5.92 Å². The fraction of sp³-hybridized carbons (Fsp3) is 0.929. The van der Waals surface area contributed by atoms with Crippen molar-refractivity contribution in [1.82, 2.24) is 10.2 Å². The predicted octanol–water partition coefficient (Wildman–Crippen LogP) is 2.54. The van der Waals surface area contributed by atoms with Crippen LogP contribution in [0.5, 0.6) is 0 Å². The molecule has 2 atom stereocenters. The third-order valence-corrected chi connectivity index (χ3v) is 5.19. The minimum atomic E-state index is 0. The number of rotatable bonds is 3. The number of hydrogen-bond acceptors (Lipinski definition) is 3. The summed E-state index contributed by atoms with van der Waals surface area (Å²) in [5.74, 6) is 3.23. The molecule has 1 N–H and O–H groups in total. The van der Waals surface area contributed by atoms with Crippen molar-refractivity contribution in [3.8, 4) is 0 Å². The number of amides is 1. The Morgan fingerprint density at radius 2 is 2.21 bits per heavy atom. The molecule has 112 valence electrons. The molecule has 2 saturated heterocycles. The molecular weight excluding hydrogens is 280 g/mol. The van der Waals surface area contributed by atoms with Crippen LogP contribution in [0.1, 0.15) is 39.5 Å². The molecule has 0 bridgehead atoms. The van der Waals surface area contributed by atoms with Crippen molar-refractivity contribution in [1.29, 1.82) is 0 Å². The lowest BCUT2D eigenvalue weighted by molar-refractivity contribution is -0.136. The van der Waals surface area contributed by atoms with Gasteiger partial charge in [-0.3, -0.25) is 4.79 Å². The van der Waals surface area contributed by atoms with E-state index in [1.165, 1.54) is 25.0 Å². The van der Waals surface area contributed by atoms with Crippen LogP contribution >= 0.6 is 24.2 Å². The van der Waals surface area contributed by atoms with Crippen molar-refractivity contribution >= 4 is 30.1 Å². The van der Waals surface area contributed by atoms with Crippen molar-refractivity contribution < 1.29 is 4.79 Å². The minimum Gasteiger partial charge on any atom is -0.339 e. The molecule has 2 fully saturated rings. The van der Waals surface area contributed by atoms with Crippen LogP contribution in [0.3, 0.4) is 0 Å². The molecule has 0 aromatic rings. The predicted molar refractivity (Wildman–Crippen MR) is 85.2 cm³/mol. The van der Waals surface area contributed by atoms with E-state index in [4.69, 9.17) is 0 Å². The van der Waals surface area contributed by atoms with Gasteiger partial charge in [-0.1, -0.05) is 13.8 Å². The quantitative estimate of drug-likeness (QED) is 0.869. The second kappa shape index (κ2) is 8.38. The highest BCUT2D eigenvalue weighted by atomic mass is 35.5. The van der Waals surface area contributed by atoms with Gasteiger partial charge in [0.05, 0.1) is 0 Å². The number of carbonyl (C=O) groups is 1. The number of carbonyl (C=O) groups excluding carboxylic acids is 1. The van der Waals surface area contributed by atoms with Gasteiger partial charge in [-0.25, -0.2) is 0 Å². The number of nitrogens with one attached hydrogen (secondary N) is 1. The third-order valence-electron chi connectivity index (χ3n) is 4.06. The molecule has 0 aliphatic carbocycles. The molecule has 0 aromatic heterocycles. The maximum absolute atomic E-state index is 12.5. The summed E-state index contributed by atoms with van der Waals surface area (Å²) in [5.41, 5.74) is 0. The lowest BCUT2D eigenvalue weighted by Gasteiger charge is -2.39. The molecule has 2 rings (SSSR count).